The van der Waals surface area contributed by atoms with Gasteiger partial charge in [-0.2, -0.15) is 9.61 Å². The Labute approximate surface area is 112 Å². The minimum Gasteiger partial charge on any atom is -0.330 e. The Balaban J connectivity index is 2.11. The molecule has 0 radical (unpaired) electrons. The van der Waals surface area contributed by atoms with E-state index in [9.17, 15) is 0 Å². The number of nitrogens with two attached hydrogens (primary N) is 1. The highest BCUT2D eigenvalue weighted by Crippen LogP contribution is 2.23. The maximum absolute atomic E-state index is 5.98. The number of benzene rings is 1. The van der Waals surface area contributed by atoms with Crippen molar-refractivity contribution in [1.82, 2.24) is 19.8 Å². The maximum Gasteiger partial charge on any atom is 0.234 e. The molecule has 0 aliphatic heterocycles. The molecule has 3 rings (SSSR count). The summed E-state index contributed by atoms with van der Waals surface area (Å²) < 4.78 is 1.74. The zero-order valence-electron chi connectivity index (χ0n) is 9.38. The Kier molecular flexibility index (Phi) is 2.99. The molecule has 2 N–H and O–H groups in total. The van der Waals surface area contributed by atoms with Gasteiger partial charge in [-0.15, -0.1) is 10.2 Å². The van der Waals surface area contributed by atoms with E-state index >= 15 is 0 Å². The molecule has 18 heavy (non-hydrogen) atoms. The Bertz CT molecular complexity index is 690. The fourth-order valence-electron chi connectivity index (χ4n) is 1.69. The van der Waals surface area contributed by atoms with Crippen LogP contribution in [0, 0.1) is 0 Å². The number of hydrogen-bond acceptors (Lipinski definition) is 5. The van der Waals surface area contributed by atoms with Crippen LogP contribution in [0.4, 0.5) is 0 Å². The van der Waals surface area contributed by atoms with Crippen LogP contribution in [0.2, 0.25) is 5.02 Å². The van der Waals surface area contributed by atoms with E-state index in [1.54, 1.807) is 4.52 Å². The summed E-state index contributed by atoms with van der Waals surface area (Å²) >= 11 is 7.48. The summed E-state index contributed by atoms with van der Waals surface area (Å²) in [7, 11) is 0. The number of rotatable bonds is 3. The molecule has 0 spiro atoms. The van der Waals surface area contributed by atoms with Crippen molar-refractivity contribution in [3.63, 3.8) is 0 Å². The second kappa shape index (κ2) is 4.64. The molecule has 2 heterocycles. The fraction of sp³-hybridized carbons (Fsp3) is 0.182. The van der Waals surface area contributed by atoms with Crippen molar-refractivity contribution >= 4 is 27.9 Å². The van der Waals surface area contributed by atoms with Crippen molar-refractivity contribution in [2.24, 2.45) is 5.73 Å². The van der Waals surface area contributed by atoms with Crippen LogP contribution in [-0.2, 0) is 6.42 Å². The summed E-state index contributed by atoms with van der Waals surface area (Å²) in [5, 5.41) is 14.3. The Hall–Kier alpha value is -1.50. The average Bonchev–Trinajstić information content (AvgIpc) is 2.88. The van der Waals surface area contributed by atoms with Crippen molar-refractivity contribution in [3.05, 3.63) is 34.3 Å². The van der Waals surface area contributed by atoms with Crippen molar-refractivity contribution in [2.45, 2.75) is 6.42 Å². The van der Waals surface area contributed by atoms with Crippen molar-refractivity contribution < 1.29 is 0 Å². The predicted octanol–water partition coefficient (Wildman–Crippen LogP) is 2.01. The first-order valence-corrected chi connectivity index (χ1v) is 6.64. The Morgan fingerprint density at radius 3 is 3.00 bits per heavy atom. The van der Waals surface area contributed by atoms with Gasteiger partial charge in [0.25, 0.3) is 0 Å². The standard InChI is InChI=1S/C11H10ClN5S/c12-8-3-1-2-7(6-8)10-14-15-11-17(10)16-9(18-11)4-5-13/h1-3,6H,4-5,13H2. The zero-order chi connectivity index (χ0) is 12.5. The van der Waals surface area contributed by atoms with Gasteiger partial charge in [-0.05, 0) is 18.7 Å². The van der Waals surface area contributed by atoms with Crippen LogP contribution in [0.3, 0.4) is 0 Å². The molecule has 3 aromatic rings. The van der Waals surface area contributed by atoms with Gasteiger partial charge in [-0.25, -0.2) is 0 Å². The second-order valence-corrected chi connectivity index (χ2v) is 5.24. The van der Waals surface area contributed by atoms with Gasteiger partial charge in [0.2, 0.25) is 4.96 Å². The molecular formula is C11H10ClN5S. The van der Waals surface area contributed by atoms with E-state index in [1.807, 2.05) is 24.3 Å². The van der Waals surface area contributed by atoms with Gasteiger partial charge < -0.3 is 5.73 Å². The smallest absolute Gasteiger partial charge is 0.234 e. The molecule has 0 saturated heterocycles. The summed E-state index contributed by atoms with van der Waals surface area (Å²) in [4.78, 5) is 0.772. The van der Waals surface area contributed by atoms with Gasteiger partial charge in [0.15, 0.2) is 5.82 Å². The number of nitrogens with zero attached hydrogens (tertiary/aromatic N) is 4. The van der Waals surface area contributed by atoms with E-state index < -0.39 is 0 Å². The third-order valence-electron chi connectivity index (χ3n) is 2.47. The van der Waals surface area contributed by atoms with E-state index in [1.165, 1.54) is 11.3 Å². The van der Waals surface area contributed by atoms with E-state index in [4.69, 9.17) is 17.3 Å². The quantitative estimate of drug-likeness (QED) is 0.796. The summed E-state index contributed by atoms with van der Waals surface area (Å²) in [5.41, 5.74) is 6.43. The molecule has 5 nitrogen and oxygen atoms in total. The lowest BCUT2D eigenvalue weighted by atomic mass is 10.2. The first-order chi connectivity index (χ1) is 8.78. The minimum absolute atomic E-state index is 0.580. The van der Waals surface area contributed by atoms with Gasteiger partial charge in [-0.3, -0.25) is 0 Å². The van der Waals surface area contributed by atoms with Crippen LogP contribution in [0.15, 0.2) is 24.3 Å². The highest BCUT2D eigenvalue weighted by atomic mass is 35.5. The van der Waals surface area contributed by atoms with E-state index in [2.05, 4.69) is 15.3 Å². The second-order valence-electron chi connectivity index (χ2n) is 3.76. The zero-order valence-corrected chi connectivity index (χ0v) is 10.9. The molecule has 0 unspecified atom stereocenters. The Morgan fingerprint density at radius 1 is 1.33 bits per heavy atom. The summed E-state index contributed by atoms with van der Waals surface area (Å²) in [5.74, 6) is 0.701. The molecule has 0 amide bonds. The largest absolute Gasteiger partial charge is 0.330 e. The number of hydrogen-bond donors (Lipinski definition) is 1. The van der Waals surface area contributed by atoms with E-state index in [0.29, 0.717) is 17.4 Å². The molecule has 0 bridgehead atoms. The third-order valence-corrected chi connectivity index (χ3v) is 3.67. The molecule has 7 heteroatoms. The molecule has 92 valence electrons. The number of halogens is 1. The molecule has 0 aliphatic carbocycles. The SMILES string of the molecule is NCCc1nn2c(-c3cccc(Cl)c3)nnc2s1. The van der Waals surface area contributed by atoms with Crippen LogP contribution in [0.5, 0.6) is 0 Å². The summed E-state index contributed by atoms with van der Waals surface area (Å²) in [6.45, 7) is 0.580. The van der Waals surface area contributed by atoms with Crippen LogP contribution >= 0.6 is 22.9 Å². The monoisotopic (exact) mass is 279 g/mol. The van der Waals surface area contributed by atoms with Crippen LogP contribution in [0.1, 0.15) is 5.01 Å². The average molecular weight is 280 g/mol. The summed E-state index contributed by atoms with van der Waals surface area (Å²) in [6.07, 6.45) is 0.753. The highest BCUT2D eigenvalue weighted by Gasteiger charge is 2.13. The lowest BCUT2D eigenvalue weighted by Crippen LogP contribution is -2.03. The first kappa shape index (κ1) is 11.6. The number of fused-ring (bicyclic) bond motifs is 1. The van der Waals surface area contributed by atoms with E-state index in [0.717, 1.165) is 22.0 Å². The minimum atomic E-state index is 0.580. The molecule has 0 saturated carbocycles. The van der Waals surface area contributed by atoms with Gasteiger partial charge >= 0.3 is 0 Å². The molecule has 0 fully saturated rings. The van der Waals surface area contributed by atoms with Crippen LogP contribution < -0.4 is 5.73 Å². The topological polar surface area (TPSA) is 69.1 Å². The predicted molar refractivity (Wildman–Crippen MR) is 71.9 cm³/mol. The molecule has 2 aromatic heterocycles. The van der Waals surface area contributed by atoms with Gasteiger partial charge in [0, 0.05) is 17.0 Å². The molecule has 1 aromatic carbocycles. The van der Waals surface area contributed by atoms with Crippen molar-refractivity contribution in [1.29, 1.82) is 0 Å². The maximum atomic E-state index is 5.98. The lowest BCUT2D eigenvalue weighted by molar-refractivity contribution is 0.871. The first-order valence-electron chi connectivity index (χ1n) is 5.45. The van der Waals surface area contributed by atoms with Gasteiger partial charge in [0.1, 0.15) is 5.01 Å². The fourth-order valence-corrected chi connectivity index (χ4v) is 2.73. The molecular weight excluding hydrogens is 270 g/mol. The van der Waals surface area contributed by atoms with Crippen molar-refractivity contribution in [3.8, 4) is 11.4 Å². The molecule has 0 aliphatic rings. The molecule has 0 atom stereocenters. The van der Waals surface area contributed by atoms with Gasteiger partial charge in [-0.1, -0.05) is 35.1 Å². The lowest BCUT2D eigenvalue weighted by Gasteiger charge is -1.97. The van der Waals surface area contributed by atoms with Crippen LogP contribution in [-0.4, -0.2) is 26.4 Å². The van der Waals surface area contributed by atoms with Gasteiger partial charge in [0.05, 0.1) is 0 Å². The normalized spacial score (nSPS) is 11.2. The Morgan fingerprint density at radius 2 is 2.22 bits per heavy atom. The third kappa shape index (κ3) is 1.98. The van der Waals surface area contributed by atoms with E-state index in [-0.39, 0.29) is 0 Å². The highest BCUT2D eigenvalue weighted by molar-refractivity contribution is 7.16. The van der Waals surface area contributed by atoms with Crippen molar-refractivity contribution in [2.75, 3.05) is 6.54 Å². The summed E-state index contributed by atoms with van der Waals surface area (Å²) in [6, 6.07) is 7.49. The van der Waals surface area contributed by atoms with Crippen LogP contribution in [0.25, 0.3) is 16.3 Å². The number of aromatic nitrogens is 4.